The molecule has 3 radical (unpaired) electrons. The lowest BCUT2D eigenvalue weighted by Gasteiger charge is -2.08. The molecule has 0 amide bonds. The smallest absolute Gasteiger partial charge is 0.373 e. The Morgan fingerprint density at radius 1 is 0.549 bits per heavy atom. The van der Waals surface area contributed by atoms with Crippen LogP contribution in [0.15, 0.2) is 36.5 Å². The molecular weight excluding hydrogens is 1140 g/mol. The number of aromatic nitrogens is 10. The summed E-state index contributed by atoms with van der Waals surface area (Å²) in [6.45, 7) is 23.4. The number of nitrogens with zero attached hydrogens (tertiary/aromatic N) is 9. The van der Waals surface area contributed by atoms with Gasteiger partial charge in [-0.1, -0.05) is 66.9 Å². The molecule has 0 aliphatic heterocycles. The third-order valence-corrected chi connectivity index (χ3v) is 8.07. The van der Waals surface area contributed by atoms with Crippen molar-refractivity contribution in [1.29, 1.82) is 0 Å². The quantitative estimate of drug-likeness (QED) is 0.0416. The van der Waals surface area contributed by atoms with E-state index in [1.54, 1.807) is 38.4 Å². The molecule has 0 aromatic carbocycles. The summed E-state index contributed by atoms with van der Waals surface area (Å²) in [4.78, 5) is 115. The van der Waals surface area contributed by atoms with Gasteiger partial charge >= 0.3 is 48.3 Å². The number of rotatable bonds is 11. The van der Waals surface area contributed by atoms with Gasteiger partial charge in [0.2, 0.25) is 0 Å². The lowest BCUT2D eigenvalue weighted by molar-refractivity contribution is -0.193. The highest BCUT2D eigenvalue weighted by molar-refractivity contribution is 9.09. The van der Waals surface area contributed by atoms with Crippen molar-refractivity contribution in [2.45, 2.75) is 156 Å². The minimum absolute atomic E-state index is 0. The highest BCUT2D eigenvalue weighted by Gasteiger charge is 2.17. The molecule has 0 bridgehead atoms. The molecule has 0 aliphatic rings. The molecule has 5 rings (SSSR count). The van der Waals surface area contributed by atoms with E-state index in [4.69, 9.17) is 33.9 Å². The zero-order valence-corrected chi connectivity index (χ0v) is 47.6. The van der Waals surface area contributed by atoms with E-state index in [-0.39, 0.29) is 112 Å². The van der Waals surface area contributed by atoms with Crippen LogP contribution in [0.2, 0.25) is 0 Å². The molecule has 0 unspecified atom stereocenters. The summed E-state index contributed by atoms with van der Waals surface area (Å²) in [7, 11) is 6.60. The van der Waals surface area contributed by atoms with Gasteiger partial charge in [0.05, 0.1) is 47.8 Å². The number of carbonyl (C=O) groups excluding carboxylic acids is 12. The topological polar surface area (TPSA) is 371 Å². The van der Waals surface area contributed by atoms with Crippen LogP contribution >= 0.6 is 15.9 Å². The summed E-state index contributed by atoms with van der Waals surface area (Å²) in [6, 6.07) is 8.62. The van der Waals surface area contributed by atoms with E-state index in [0.29, 0.717) is 39.6 Å². The van der Waals surface area contributed by atoms with E-state index in [1.807, 2.05) is 69.2 Å². The van der Waals surface area contributed by atoms with Gasteiger partial charge in [0.25, 0.3) is 0 Å². The van der Waals surface area contributed by atoms with Crippen molar-refractivity contribution in [3.63, 3.8) is 0 Å². The molecule has 0 fully saturated rings. The fourth-order valence-corrected chi connectivity index (χ4v) is 5.00. The van der Waals surface area contributed by atoms with Crippen molar-refractivity contribution in [1.82, 2.24) is 49.3 Å². The summed E-state index contributed by atoms with van der Waals surface area (Å²) >= 11 is 3.27. The molecule has 82 heavy (non-hydrogen) atoms. The van der Waals surface area contributed by atoms with Crippen LogP contribution in [0.4, 0.5) is 0 Å². The molecule has 30 heteroatoms. The Bertz CT molecular complexity index is 2580. The molecular formula is C52H87BBrN10O18. The maximum atomic E-state index is 11.1. The van der Waals surface area contributed by atoms with E-state index in [2.05, 4.69) is 84.1 Å². The Hall–Kier alpha value is -8.29. The monoisotopic (exact) mass is 1230 g/mol. The summed E-state index contributed by atoms with van der Waals surface area (Å²) < 4.78 is 29.1. The summed E-state index contributed by atoms with van der Waals surface area (Å²) in [5.74, 6) is -2.21. The number of alkyl halides is 1. The van der Waals surface area contributed by atoms with Crippen LogP contribution in [0.3, 0.4) is 0 Å². The van der Waals surface area contributed by atoms with Gasteiger partial charge in [-0.15, -0.1) is 0 Å². The number of esters is 5. The summed E-state index contributed by atoms with van der Waals surface area (Å²) in [5.41, 5.74) is 4.23. The average molecular weight is 1230 g/mol. The van der Waals surface area contributed by atoms with Crippen LogP contribution in [0, 0.1) is 13.8 Å². The van der Waals surface area contributed by atoms with Crippen LogP contribution < -0.4 is 0 Å². The first-order chi connectivity index (χ1) is 35.6. The standard InChI is InChI=1S/C9H14N2O3.C9H12N2O3.C9H14N2O2.C8H12N2O2.C6H8N2O2.C3H7Br.3CO2.5CH4.B/c2*1-6(2)11-7(5-12)4-8(10-11)9(13)14-3;1-6(2)11-7(3)5-8(10-11)9(12)13-4;1-6(2)10-5-4-7(9-10)8(11)12-3;1-4-3-5(8-7-4)6(9)10-2;1-3(2)4;3*2-1-3;;;;;;/h4,6,12H,5H2,1-3H3;4-6H,1-3H3;5-6H,1-4H3;4-6H,1-3H3;3H,1-2H3,(H,7,8);3H,1-2H3;;;;5*1H4;. The number of aromatic amines is 1. The number of ether oxygens (including phenoxy) is 5. The largest absolute Gasteiger partial charge is 0.464 e. The maximum Gasteiger partial charge on any atom is 0.373 e. The number of aliphatic hydroxyl groups is 1. The second kappa shape index (κ2) is 54.7. The lowest BCUT2D eigenvalue weighted by Crippen LogP contribution is -2.09. The van der Waals surface area contributed by atoms with Crippen LogP contribution in [0.5, 0.6) is 0 Å². The molecule has 463 valence electrons. The molecule has 5 aromatic rings. The number of aliphatic hydroxyl groups excluding tert-OH is 1. The van der Waals surface area contributed by atoms with Gasteiger partial charge in [-0.2, -0.15) is 54.3 Å². The second-order valence-corrected chi connectivity index (χ2v) is 17.3. The Morgan fingerprint density at radius 2 is 0.878 bits per heavy atom. The van der Waals surface area contributed by atoms with E-state index >= 15 is 0 Å². The fourth-order valence-electron chi connectivity index (χ4n) is 5.00. The highest BCUT2D eigenvalue weighted by atomic mass is 79.9. The molecule has 2 N–H and O–H groups in total. The number of H-pyrrole nitrogens is 1. The van der Waals surface area contributed by atoms with Gasteiger partial charge in [-0.25, -0.2) is 24.0 Å². The number of methoxy groups -OCH3 is 5. The summed E-state index contributed by atoms with van der Waals surface area (Å²) in [5, 5.41) is 31.5. The SMILES string of the molecule is C.C.C.C.C.CC(C)Br.COC(=O)c1cc(C)[nH]n1.COC(=O)c1cc(C)n(C(C)C)n1.COC(=O)c1cc(C=O)n(C(C)C)n1.COC(=O)c1cc(CO)n(C(C)C)n1.COC(=O)c1ccn(C(C)C)n1.O=C=O.O=C=O.O=C=O.[B]. The van der Waals surface area contributed by atoms with Crippen molar-refractivity contribution in [2.75, 3.05) is 35.5 Å². The van der Waals surface area contributed by atoms with Crippen molar-refractivity contribution >= 4 is 78.9 Å². The van der Waals surface area contributed by atoms with Crippen molar-refractivity contribution in [2.24, 2.45) is 0 Å². The van der Waals surface area contributed by atoms with Gasteiger partial charge in [0.1, 0.15) is 5.69 Å². The first kappa shape index (κ1) is 96.0. The minimum Gasteiger partial charge on any atom is -0.464 e. The van der Waals surface area contributed by atoms with Gasteiger partial charge < -0.3 is 28.8 Å². The van der Waals surface area contributed by atoms with Crippen LogP contribution in [0.25, 0.3) is 0 Å². The Labute approximate surface area is 492 Å². The highest BCUT2D eigenvalue weighted by Crippen LogP contribution is 2.13. The minimum atomic E-state index is -0.535. The van der Waals surface area contributed by atoms with E-state index in [9.17, 15) is 28.8 Å². The van der Waals surface area contributed by atoms with Gasteiger partial charge in [0.15, 0.2) is 34.8 Å². The molecule has 5 aromatic heterocycles. The Morgan fingerprint density at radius 3 is 1.15 bits per heavy atom. The molecule has 0 atom stereocenters. The predicted octanol–water partition coefficient (Wildman–Crippen LogP) is 7.96. The van der Waals surface area contributed by atoms with Crippen LogP contribution in [-0.4, -0.2) is 158 Å². The average Bonchev–Trinajstić information content (AvgIpc) is 4.24. The number of nitrogens with one attached hydrogen (secondary N) is 1. The number of aldehydes is 1. The van der Waals surface area contributed by atoms with Gasteiger partial charge in [0, 0.05) is 61.1 Å². The van der Waals surface area contributed by atoms with Crippen molar-refractivity contribution in [3.8, 4) is 0 Å². The Kier molecular flexibility index (Phi) is 64.0. The third kappa shape index (κ3) is 39.1. The van der Waals surface area contributed by atoms with Crippen LogP contribution in [0.1, 0.15) is 211 Å². The van der Waals surface area contributed by atoms with E-state index in [1.165, 1.54) is 52.4 Å². The molecule has 0 spiro atoms. The van der Waals surface area contributed by atoms with Gasteiger partial charge in [-0.3, -0.25) is 28.6 Å². The number of halogens is 1. The molecule has 5 heterocycles. The van der Waals surface area contributed by atoms with E-state index in [0.717, 1.165) is 11.4 Å². The first-order valence-corrected chi connectivity index (χ1v) is 22.9. The first-order valence-electron chi connectivity index (χ1n) is 22.0. The third-order valence-electron chi connectivity index (χ3n) is 8.07. The fraction of sp³-hybridized carbons (Fsp3) is 0.538. The maximum absolute atomic E-state index is 11.1. The normalized spacial score (nSPS) is 8.63. The number of hydrogen-bond donors (Lipinski definition) is 2. The molecule has 28 nitrogen and oxygen atoms in total. The van der Waals surface area contributed by atoms with Crippen molar-refractivity contribution < 1.29 is 86.3 Å². The molecule has 0 saturated heterocycles. The van der Waals surface area contributed by atoms with Gasteiger partial charge in [-0.05, 0) is 93.5 Å². The predicted molar refractivity (Wildman–Crippen MR) is 305 cm³/mol. The van der Waals surface area contributed by atoms with E-state index < -0.39 is 23.9 Å². The summed E-state index contributed by atoms with van der Waals surface area (Å²) in [6.07, 6.45) is 3.18. The second-order valence-electron chi connectivity index (χ2n) is 15.5. The number of aryl methyl sites for hydroxylation is 2. The zero-order valence-electron chi connectivity index (χ0n) is 46.0. The number of hydrogen-bond acceptors (Lipinski definition) is 23. The Balaban J connectivity index is -0.0000000922. The number of carbonyl (C=O) groups is 6. The van der Waals surface area contributed by atoms with Crippen molar-refractivity contribution in [3.05, 3.63) is 87.8 Å². The lowest BCUT2D eigenvalue weighted by atomic mass is 10.3. The zero-order chi connectivity index (χ0) is 59.8. The molecule has 0 saturated carbocycles. The molecule has 0 aliphatic carbocycles. The van der Waals surface area contributed by atoms with Crippen LogP contribution in [-0.2, 0) is 59.1 Å².